The van der Waals surface area contributed by atoms with Gasteiger partial charge in [0, 0.05) is 6.04 Å². The van der Waals surface area contributed by atoms with Gasteiger partial charge in [-0.3, -0.25) is 4.79 Å². The molecule has 1 fully saturated rings. The average molecular weight is 228 g/mol. The fourth-order valence-electron chi connectivity index (χ4n) is 2.00. The van der Waals surface area contributed by atoms with E-state index in [1.165, 1.54) is 0 Å². The van der Waals surface area contributed by atoms with Gasteiger partial charge in [-0.1, -0.05) is 0 Å². The SMILES string of the molecule is CC(C)OC(=O)C1CCC(NC(N)=O)CC1. The Kier molecular flexibility index (Phi) is 4.58. The number of ether oxygens (including phenoxy) is 1. The molecule has 0 saturated heterocycles. The molecule has 0 spiro atoms. The highest BCUT2D eigenvalue weighted by atomic mass is 16.5. The van der Waals surface area contributed by atoms with Crippen molar-refractivity contribution < 1.29 is 14.3 Å². The molecule has 0 radical (unpaired) electrons. The number of carbonyl (C=O) groups excluding carboxylic acids is 2. The monoisotopic (exact) mass is 228 g/mol. The van der Waals surface area contributed by atoms with Crippen molar-refractivity contribution in [1.29, 1.82) is 0 Å². The molecule has 0 atom stereocenters. The number of urea groups is 1. The van der Waals surface area contributed by atoms with Crippen LogP contribution >= 0.6 is 0 Å². The third-order valence-corrected chi connectivity index (χ3v) is 2.76. The van der Waals surface area contributed by atoms with Gasteiger partial charge in [-0.15, -0.1) is 0 Å². The summed E-state index contributed by atoms with van der Waals surface area (Å²) < 4.78 is 5.16. The van der Waals surface area contributed by atoms with Crippen molar-refractivity contribution in [2.45, 2.75) is 51.7 Å². The first-order valence-corrected chi connectivity index (χ1v) is 5.75. The van der Waals surface area contributed by atoms with Crippen molar-refractivity contribution in [3.63, 3.8) is 0 Å². The van der Waals surface area contributed by atoms with Gasteiger partial charge in [0.25, 0.3) is 0 Å². The molecule has 92 valence electrons. The van der Waals surface area contributed by atoms with Gasteiger partial charge in [0.15, 0.2) is 0 Å². The third kappa shape index (κ3) is 4.08. The first kappa shape index (κ1) is 12.8. The first-order valence-electron chi connectivity index (χ1n) is 5.75. The summed E-state index contributed by atoms with van der Waals surface area (Å²) >= 11 is 0. The maximum absolute atomic E-state index is 11.6. The fourth-order valence-corrected chi connectivity index (χ4v) is 2.00. The van der Waals surface area contributed by atoms with E-state index in [4.69, 9.17) is 10.5 Å². The molecule has 0 aromatic heterocycles. The van der Waals surface area contributed by atoms with Crippen LogP contribution in [0.25, 0.3) is 0 Å². The van der Waals surface area contributed by atoms with Crippen molar-refractivity contribution in [3.8, 4) is 0 Å². The molecule has 0 heterocycles. The Hall–Kier alpha value is -1.26. The van der Waals surface area contributed by atoms with Crippen LogP contribution in [0.3, 0.4) is 0 Å². The summed E-state index contributed by atoms with van der Waals surface area (Å²) in [4.78, 5) is 22.3. The summed E-state index contributed by atoms with van der Waals surface area (Å²) in [6.45, 7) is 3.69. The van der Waals surface area contributed by atoms with Gasteiger partial charge in [0.2, 0.25) is 0 Å². The highest BCUT2D eigenvalue weighted by Gasteiger charge is 2.28. The molecule has 0 aromatic rings. The molecule has 0 unspecified atom stereocenters. The zero-order valence-electron chi connectivity index (χ0n) is 9.86. The standard InChI is InChI=1S/C11H20N2O3/c1-7(2)16-10(14)8-3-5-9(6-4-8)13-11(12)15/h7-9H,3-6H2,1-2H3,(H3,12,13,15). The van der Waals surface area contributed by atoms with E-state index in [2.05, 4.69) is 5.32 Å². The summed E-state index contributed by atoms with van der Waals surface area (Å²) in [5.41, 5.74) is 5.04. The number of hydrogen-bond donors (Lipinski definition) is 2. The molecule has 1 aliphatic rings. The highest BCUT2D eigenvalue weighted by molar-refractivity contribution is 5.73. The van der Waals surface area contributed by atoms with E-state index in [-0.39, 0.29) is 24.0 Å². The topological polar surface area (TPSA) is 81.4 Å². The quantitative estimate of drug-likeness (QED) is 0.711. The Morgan fingerprint density at radius 3 is 2.25 bits per heavy atom. The normalized spacial score (nSPS) is 25.2. The summed E-state index contributed by atoms with van der Waals surface area (Å²) in [5.74, 6) is -0.138. The van der Waals surface area contributed by atoms with Crippen LogP contribution in [-0.4, -0.2) is 24.1 Å². The predicted octanol–water partition coefficient (Wildman–Crippen LogP) is 1.17. The minimum absolute atomic E-state index is 0.0201. The molecule has 5 nitrogen and oxygen atoms in total. The lowest BCUT2D eigenvalue weighted by atomic mass is 9.86. The average Bonchev–Trinajstić information content (AvgIpc) is 2.16. The molecule has 1 saturated carbocycles. The molecule has 16 heavy (non-hydrogen) atoms. The van der Waals surface area contributed by atoms with Crippen LogP contribution in [0.15, 0.2) is 0 Å². The van der Waals surface area contributed by atoms with Crippen LogP contribution in [0.5, 0.6) is 0 Å². The maximum Gasteiger partial charge on any atom is 0.312 e. The summed E-state index contributed by atoms with van der Waals surface area (Å²) in [7, 11) is 0. The van der Waals surface area contributed by atoms with Crippen LogP contribution in [0.2, 0.25) is 0 Å². The van der Waals surface area contributed by atoms with E-state index in [1.807, 2.05) is 13.8 Å². The van der Waals surface area contributed by atoms with E-state index in [0.717, 1.165) is 25.7 Å². The number of nitrogens with one attached hydrogen (secondary N) is 1. The van der Waals surface area contributed by atoms with E-state index in [9.17, 15) is 9.59 Å². The predicted molar refractivity (Wildman–Crippen MR) is 59.7 cm³/mol. The second kappa shape index (κ2) is 5.72. The van der Waals surface area contributed by atoms with Gasteiger partial charge in [0.05, 0.1) is 12.0 Å². The number of nitrogens with two attached hydrogens (primary N) is 1. The van der Waals surface area contributed by atoms with Crippen LogP contribution in [0.4, 0.5) is 4.79 Å². The first-order chi connectivity index (χ1) is 7.49. The van der Waals surface area contributed by atoms with Crippen LogP contribution in [-0.2, 0) is 9.53 Å². The fraction of sp³-hybridized carbons (Fsp3) is 0.818. The Balaban J connectivity index is 2.31. The summed E-state index contributed by atoms with van der Waals surface area (Å²) in [6.07, 6.45) is 3.04. The van der Waals surface area contributed by atoms with Gasteiger partial charge in [-0.2, -0.15) is 0 Å². The molecular weight excluding hydrogens is 208 g/mol. The number of carbonyl (C=O) groups is 2. The largest absolute Gasteiger partial charge is 0.463 e. The second-order valence-electron chi connectivity index (χ2n) is 4.54. The molecule has 2 amide bonds. The smallest absolute Gasteiger partial charge is 0.312 e. The van der Waals surface area contributed by atoms with Crippen LogP contribution < -0.4 is 11.1 Å². The summed E-state index contributed by atoms with van der Waals surface area (Å²) in [6, 6.07) is -0.381. The zero-order chi connectivity index (χ0) is 12.1. The Bertz CT molecular complexity index is 258. The lowest BCUT2D eigenvalue weighted by Crippen LogP contribution is -2.41. The van der Waals surface area contributed by atoms with Gasteiger partial charge in [-0.25, -0.2) is 4.79 Å². The number of rotatable bonds is 3. The van der Waals surface area contributed by atoms with E-state index in [1.54, 1.807) is 0 Å². The number of amides is 2. The zero-order valence-corrected chi connectivity index (χ0v) is 9.86. The Labute approximate surface area is 95.7 Å². The van der Waals surface area contributed by atoms with Crippen molar-refractivity contribution in [1.82, 2.24) is 5.32 Å². The molecule has 1 rings (SSSR count). The Morgan fingerprint density at radius 1 is 1.25 bits per heavy atom. The van der Waals surface area contributed by atoms with Crippen LogP contribution in [0.1, 0.15) is 39.5 Å². The molecule has 0 bridgehead atoms. The van der Waals surface area contributed by atoms with Gasteiger partial charge >= 0.3 is 12.0 Å². The molecule has 5 heteroatoms. The second-order valence-corrected chi connectivity index (χ2v) is 4.54. The molecular formula is C11H20N2O3. The van der Waals surface area contributed by atoms with Crippen LogP contribution in [0, 0.1) is 5.92 Å². The lowest BCUT2D eigenvalue weighted by molar-refractivity contribution is -0.153. The van der Waals surface area contributed by atoms with Gasteiger partial charge in [0.1, 0.15) is 0 Å². The van der Waals surface area contributed by atoms with E-state index in [0.29, 0.717) is 0 Å². The lowest BCUT2D eigenvalue weighted by Gasteiger charge is -2.27. The van der Waals surface area contributed by atoms with E-state index >= 15 is 0 Å². The van der Waals surface area contributed by atoms with Gasteiger partial charge < -0.3 is 15.8 Å². The van der Waals surface area contributed by atoms with Crippen molar-refractivity contribution in [2.75, 3.05) is 0 Å². The Morgan fingerprint density at radius 2 is 1.81 bits per heavy atom. The molecule has 3 N–H and O–H groups in total. The minimum atomic E-state index is -0.492. The summed E-state index contributed by atoms with van der Waals surface area (Å²) in [5, 5.41) is 2.67. The van der Waals surface area contributed by atoms with E-state index < -0.39 is 6.03 Å². The number of esters is 1. The highest BCUT2D eigenvalue weighted by Crippen LogP contribution is 2.25. The molecule has 1 aliphatic carbocycles. The van der Waals surface area contributed by atoms with Gasteiger partial charge in [-0.05, 0) is 39.5 Å². The van der Waals surface area contributed by atoms with Crippen molar-refractivity contribution in [3.05, 3.63) is 0 Å². The third-order valence-electron chi connectivity index (χ3n) is 2.76. The minimum Gasteiger partial charge on any atom is -0.463 e. The maximum atomic E-state index is 11.6. The molecule has 0 aromatic carbocycles. The van der Waals surface area contributed by atoms with Crippen molar-refractivity contribution in [2.24, 2.45) is 11.7 Å². The molecule has 0 aliphatic heterocycles. The number of primary amides is 1. The van der Waals surface area contributed by atoms with Crippen molar-refractivity contribution >= 4 is 12.0 Å². The number of hydrogen-bond acceptors (Lipinski definition) is 3.